The number of nitrogens with one attached hydrogen (secondary N) is 1. The highest BCUT2D eigenvalue weighted by Crippen LogP contribution is 2.37. The molecule has 2 heterocycles. The molecule has 0 bridgehead atoms. The Kier molecular flexibility index (Phi) is 4.40. The van der Waals surface area contributed by atoms with Crippen molar-refractivity contribution < 1.29 is 23.1 Å². The number of halogens is 2. The van der Waals surface area contributed by atoms with E-state index in [1.54, 1.807) is 0 Å². The summed E-state index contributed by atoms with van der Waals surface area (Å²) in [4.78, 5) is 23.9. The van der Waals surface area contributed by atoms with Crippen molar-refractivity contribution in [2.75, 3.05) is 30.3 Å². The second-order valence-corrected chi connectivity index (χ2v) is 6.55. The summed E-state index contributed by atoms with van der Waals surface area (Å²) >= 11 is 1.45. The number of hydrogen-bond acceptors (Lipinski definition) is 5. The molecular formula is C14H15F2N3O3S. The van der Waals surface area contributed by atoms with Crippen molar-refractivity contribution in [3.63, 3.8) is 0 Å². The lowest BCUT2D eigenvalue weighted by atomic mass is 10.1. The number of benzene rings is 1. The van der Waals surface area contributed by atoms with Crippen molar-refractivity contribution in [2.45, 2.75) is 11.4 Å². The fourth-order valence-corrected chi connectivity index (χ4v) is 3.79. The van der Waals surface area contributed by atoms with E-state index in [4.69, 9.17) is 10.5 Å². The van der Waals surface area contributed by atoms with Gasteiger partial charge in [0, 0.05) is 29.7 Å². The van der Waals surface area contributed by atoms with Gasteiger partial charge in [-0.2, -0.15) is 11.8 Å². The van der Waals surface area contributed by atoms with Crippen molar-refractivity contribution in [1.82, 2.24) is 5.32 Å². The first kappa shape index (κ1) is 16.0. The van der Waals surface area contributed by atoms with Crippen molar-refractivity contribution in [2.24, 2.45) is 5.73 Å². The zero-order chi connectivity index (χ0) is 16.6. The van der Waals surface area contributed by atoms with Crippen LogP contribution < -0.4 is 16.0 Å². The van der Waals surface area contributed by atoms with E-state index in [0.29, 0.717) is 6.54 Å². The lowest BCUT2D eigenvalue weighted by molar-refractivity contribution is -0.124. The van der Waals surface area contributed by atoms with Gasteiger partial charge in [-0.15, -0.1) is 0 Å². The summed E-state index contributed by atoms with van der Waals surface area (Å²) < 4.78 is 33.7. The number of hydrogen-bond donors (Lipinski definition) is 2. The molecule has 2 aliphatic rings. The lowest BCUT2D eigenvalue weighted by Crippen LogP contribution is -2.33. The summed E-state index contributed by atoms with van der Waals surface area (Å²) in [5.74, 6) is -1.54. The number of thioether (sulfide) groups is 1. The molecule has 3 N–H and O–H groups in total. The van der Waals surface area contributed by atoms with Crippen LogP contribution in [0.3, 0.4) is 0 Å². The van der Waals surface area contributed by atoms with Crippen LogP contribution in [-0.4, -0.2) is 43.5 Å². The topological polar surface area (TPSA) is 84.7 Å². The minimum Gasteiger partial charge on any atom is -0.434 e. The normalized spacial score (nSPS) is 24.6. The van der Waals surface area contributed by atoms with Gasteiger partial charge in [-0.25, -0.2) is 13.6 Å². The largest absolute Gasteiger partial charge is 0.434 e. The molecule has 2 saturated heterocycles. The molecular weight excluding hydrogens is 328 g/mol. The summed E-state index contributed by atoms with van der Waals surface area (Å²) in [5, 5.41) is 2.71. The molecule has 0 aliphatic carbocycles. The van der Waals surface area contributed by atoms with Crippen LogP contribution in [0.5, 0.6) is 0 Å². The predicted molar refractivity (Wildman–Crippen MR) is 81.2 cm³/mol. The Labute approximate surface area is 135 Å². The van der Waals surface area contributed by atoms with Gasteiger partial charge in [-0.1, -0.05) is 0 Å². The summed E-state index contributed by atoms with van der Waals surface area (Å²) in [7, 11) is 0. The average Bonchev–Trinajstić information content (AvgIpc) is 2.91. The standard InChI is InChI=1S/C14H15F2N3O3S/c15-7-1-2-8(19-6-9(13(17)20)22-14(19)21)12(16)11(7)10-5-18-3-4-23-10/h1-2,9-10,18H,3-6H2,(H2,17,20). The molecule has 0 spiro atoms. The van der Waals surface area contributed by atoms with E-state index in [9.17, 15) is 18.4 Å². The summed E-state index contributed by atoms with van der Waals surface area (Å²) in [5.41, 5.74) is 4.92. The summed E-state index contributed by atoms with van der Waals surface area (Å²) in [6.07, 6.45) is -2.01. The summed E-state index contributed by atoms with van der Waals surface area (Å²) in [6.45, 7) is 1.03. The van der Waals surface area contributed by atoms with Gasteiger partial charge in [0.15, 0.2) is 11.9 Å². The van der Waals surface area contributed by atoms with Gasteiger partial charge in [0.25, 0.3) is 5.91 Å². The minimum atomic E-state index is -1.14. The van der Waals surface area contributed by atoms with Crippen LogP contribution in [0.1, 0.15) is 10.8 Å². The number of carbonyl (C=O) groups excluding carboxylic acids is 2. The molecule has 23 heavy (non-hydrogen) atoms. The van der Waals surface area contributed by atoms with Gasteiger partial charge in [0.05, 0.1) is 12.2 Å². The number of nitrogens with two attached hydrogens (primary N) is 1. The maximum Gasteiger partial charge on any atom is 0.415 e. The van der Waals surface area contributed by atoms with Crippen LogP contribution >= 0.6 is 11.8 Å². The third kappa shape index (κ3) is 2.98. The third-order valence-corrected chi connectivity index (χ3v) is 5.02. The molecule has 1 aromatic rings. The Balaban J connectivity index is 1.94. The van der Waals surface area contributed by atoms with E-state index in [1.165, 1.54) is 17.8 Å². The highest BCUT2D eigenvalue weighted by Gasteiger charge is 2.38. The number of primary amides is 1. The van der Waals surface area contributed by atoms with Crippen molar-refractivity contribution >= 4 is 29.4 Å². The van der Waals surface area contributed by atoms with Gasteiger partial charge in [0.2, 0.25) is 0 Å². The van der Waals surface area contributed by atoms with Crippen LogP contribution in [0, 0.1) is 11.6 Å². The number of anilines is 1. The number of nitrogens with zero attached hydrogens (tertiary/aromatic N) is 1. The Bertz CT molecular complexity index is 652. The molecule has 124 valence electrons. The Morgan fingerprint density at radius 3 is 2.83 bits per heavy atom. The molecule has 2 unspecified atom stereocenters. The first-order chi connectivity index (χ1) is 11.0. The fourth-order valence-electron chi connectivity index (χ4n) is 2.62. The van der Waals surface area contributed by atoms with Crippen LogP contribution in [0.2, 0.25) is 0 Å². The number of cyclic esters (lactones) is 1. The molecule has 3 rings (SSSR count). The first-order valence-corrected chi connectivity index (χ1v) is 8.11. The quantitative estimate of drug-likeness (QED) is 0.860. The average molecular weight is 343 g/mol. The van der Waals surface area contributed by atoms with Crippen LogP contribution in [0.15, 0.2) is 12.1 Å². The molecule has 0 aromatic heterocycles. The molecule has 6 nitrogen and oxygen atoms in total. The smallest absolute Gasteiger partial charge is 0.415 e. The predicted octanol–water partition coefficient (Wildman–Crippen LogP) is 1.15. The zero-order valence-corrected chi connectivity index (χ0v) is 12.9. The number of ether oxygens (including phenoxy) is 1. The van der Waals surface area contributed by atoms with Crippen molar-refractivity contribution in [3.8, 4) is 0 Å². The van der Waals surface area contributed by atoms with Gasteiger partial charge in [-0.05, 0) is 12.1 Å². The van der Waals surface area contributed by atoms with E-state index in [-0.39, 0.29) is 23.0 Å². The molecule has 2 amide bonds. The number of carbonyl (C=O) groups is 2. The van der Waals surface area contributed by atoms with Gasteiger partial charge in [-0.3, -0.25) is 9.69 Å². The summed E-state index contributed by atoms with van der Waals surface area (Å²) in [6, 6.07) is 2.29. The van der Waals surface area contributed by atoms with E-state index in [1.807, 2.05) is 0 Å². The maximum absolute atomic E-state index is 14.8. The molecule has 2 fully saturated rings. The Morgan fingerprint density at radius 1 is 1.43 bits per heavy atom. The Morgan fingerprint density at radius 2 is 2.22 bits per heavy atom. The van der Waals surface area contributed by atoms with Crippen molar-refractivity contribution in [3.05, 3.63) is 29.3 Å². The van der Waals surface area contributed by atoms with Gasteiger partial charge >= 0.3 is 6.09 Å². The Hall–Kier alpha value is -1.87. The maximum atomic E-state index is 14.8. The molecule has 0 saturated carbocycles. The monoisotopic (exact) mass is 343 g/mol. The van der Waals surface area contributed by atoms with Gasteiger partial charge < -0.3 is 15.8 Å². The van der Waals surface area contributed by atoms with E-state index in [2.05, 4.69) is 5.32 Å². The van der Waals surface area contributed by atoms with Crippen molar-refractivity contribution in [1.29, 1.82) is 0 Å². The molecule has 2 aliphatic heterocycles. The first-order valence-electron chi connectivity index (χ1n) is 7.06. The fraction of sp³-hybridized carbons (Fsp3) is 0.429. The van der Waals surface area contributed by atoms with E-state index < -0.39 is 29.7 Å². The SMILES string of the molecule is NC(=O)C1CN(c2ccc(F)c(C3CNCCS3)c2F)C(=O)O1. The molecule has 9 heteroatoms. The second kappa shape index (κ2) is 6.32. The third-order valence-electron chi connectivity index (χ3n) is 3.78. The second-order valence-electron chi connectivity index (χ2n) is 5.24. The number of amides is 2. The van der Waals surface area contributed by atoms with Gasteiger partial charge in [0.1, 0.15) is 5.82 Å². The van der Waals surface area contributed by atoms with E-state index in [0.717, 1.165) is 23.3 Å². The van der Waals surface area contributed by atoms with Crippen LogP contribution in [0.25, 0.3) is 0 Å². The van der Waals surface area contributed by atoms with E-state index >= 15 is 0 Å². The molecule has 2 atom stereocenters. The van der Waals surface area contributed by atoms with Crippen LogP contribution in [0.4, 0.5) is 19.3 Å². The highest BCUT2D eigenvalue weighted by molar-refractivity contribution is 7.99. The zero-order valence-electron chi connectivity index (χ0n) is 12.1. The minimum absolute atomic E-state index is 0.0741. The highest BCUT2D eigenvalue weighted by atomic mass is 32.2. The van der Waals surface area contributed by atoms with Crippen LogP contribution in [-0.2, 0) is 9.53 Å². The molecule has 1 aromatic carbocycles. The number of rotatable bonds is 3. The lowest BCUT2D eigenvalue weighted by Gasteiger charge is -2.25. The molecule has 0 radical (unpaired) electrons.